The lowest BCUT2D eigenvalue weighted by atomic mass is 10.1. The predicted molar refractivity (Wildman–Crippen MR) is 76.5 cm³/mol. The molecule has 3 heteroatoms. The third-order valence-electron chi connectivity index (χ3n) is 3.09. The molecule has 0 radical (unpaired) electrons. The highest BCUT2D eigenvalue weighted by Crippen LogP contribution is 2.13. The lowest BCUT2D eigenvalue weighted by Gasteiger charge is -2.38. The molecule has 1 heterocycles. The smallest absolute Gasteiger partial charge is 0.0348 e. The van der Waals surface area contributed by atoms with Crippen LogP contribution in [-0.2, 0) is 6.54 Å². The number of hydrogen-bond donors (Lipinski definition) is 1. The molecule has 0 aromatic heterocycles. The van der Waals surface area contributed by atoms with E-state index in [1.807, 2.05) is 0 Å². The van der Waals surface area contributed by atoms with Gasteiger partial charge >= 0.3 is 0 Å². The molecule has 16 heavy (non-hydrogen) atoms. The average molecular weight is 330 g/mol. The molecular weight excluding hydrogens is 311 g/mol. The molecule has 0 aliphatic carbocycles. The molecule has 0 bridgehead atoms. The molecule has 88 valence electrons. The van der Waals surface area contributed by atoms with Gasteiger partial charge in [0.25, 0.3) is 0 Å². The van der Waals surface area contributed by atoms with Crippen molar-refractivity contribution in [3.05, 3.63) is 33.4 Å². The van der Waals surface area contributed by atoms with Crippen molar-refractivity contribution in [3.8, 4) is 0 Å². The molecule has 0 amide bonds. The Morgan fingerprint density at radius 3 is 2.50 bits per heavy atom. The molecule has 0 spiro atoms. The Hall–Kier alpha value is -0.130. The van der Waals surface area contributed by atoms with E-state index in [0.717, 1.165) is 25.7 Å². The zero-order chi connectivity index (χ0) is 11.4. The molecule has 2 rings (SSSR count). The fraction of sp³-hybridized carbons (Fsp3) is 0.538. The van der Waals surface area contributed by atoms with E-state index in [2.05, 4.69) is 64.0 Å². The van der Waals surface area contributed by atoms with E-state index in [9.17, 15) is 0 Å². The van der Waals surface area contributed by atoms with E-state index in [0.29, 0.717) is 0 Å². The summed E-state index contributed by atoms with van der Waals surface area (Å²) in [5.74, 6) is 0. The van der Waals surface area contributed by atoms with Gasteiger partial charge in [-0.25, -0.2) is 0 Å². The largest absolute Gasteiger partial charge is 0.314 e. The lowest BCUT2D eigenvalue weighted by Crippen LogP contribution is -2.56. The van der Waals surface area contributed by atoms with E-state index in [-0.39, 0.29) is 0 Å². The number of hydrogen-bond acceptors (Lipinski definition) is 2. The summed E-state index contributed by atoms with van der Waals surface area (Å²) in [4.78, 5) is 2.60. The Morgan fingerprint density at radius 2 is 2.00 bits per heavy atom. The zero-order valence-electron chi connectivity index (χ0n) is 9.75. The van der Waals surface area contributed by atoms with Crippen LogP contribution in [0.25, 0.3) is 0 Å². The minimum Gasteiger partial charge on any atom is -0.314 e. The molecule has 0 unspecified atom stereocenters. The van der Waals surface area contributed by atoms with Gasteiger partial charge in [0.15, 0.2) is 0 Å². The number of benzene rings is 1. The average Bonchev–Trinajstić information content (AvgIpc) is 2.19. The summed E-state index contributed by atoms with van der Waals surface area (Å²) in [6.45, 7) is 6.87. The fourth-order valence-electron chi connectivity index (χ4n) is 2.03. The number of rotatable bonds is 5. The van der Waals surface area contributed by atoms with Gasteiger partial charge in [-0.05, 0) is 53.3 Å². The topological polar surface area (TPSA) is 15.3 Å². The van der Waals surface area contributed by atoms with Gasteiger partial charge in [-0.1, -0.05) is 19.1 Å². The van der Waals surface area contributed by atoms with Crippen LogP contribution in [0.2, 0.25) is 0 Å². The van der Waals surface area contributed by atoms with Crippen LogP contribution in [0.4, 0.5) is 0 Å². The first-order valence-corrected chi connectivity index (χ1v) is 7.06. The van der Waals surface area contributed by atoms with Crippen LogP contribution >= 0.6 is 22.6 Å². The van der Waals surface area contributed by atoms with Gasteiger partial charge in [-0.3, -0.25) is 4.90 Å². The summed E-state index contributed by atoms with van der Waals surface area (Å²) >= 11 is 2.36. The van der Waals surface area contributed by atoms with Crippen LogP contribution in [0.5, 0.6) is 0 Å². The van der Waals surface area contributed by atoms with Gasteiger partial charge in [0.2, 0.25) is 0 Å². The summed E-state index contributed by atoms with van der Waals surface area (Å²) < 4.78 is 1.31. The summed E-state index contributed by atoms with van der Waals surface area (Å²) in [6, 6.07) is 9.63. The third-order valence-corrected chi connectivity index (χ3v) is 3.81. The van der Waals surface area contributed by atoms with Crippen molar-refractivity contribution in [3.63, 3.8) is 0 Å². The van der Waals surface area contributed by atoms with Crippen molar-refractivity contribution in [2.24, 2.45) is 0 Å². The number of nitrogens with zero attached hydrogens (tertiary/aromatic N) is 1. The van der Waals surface area contributed by atoms with Gasteiger partial charge in [0, 0.05) is 29.2 Å². The van der Waals surface area contributed by atoms with Gasteiger partial charge in [0.05, 0.1) is 0 Å². The Kier molecular flexibility index (Phi) is 4.61. The first-order chi connectivity index (χ1) is 7.79. The Morgan fingerprint density at radius 1 is 1.31 bits per heavy atom. The molecular formula is C13H19IN2. The summed E-state index contributed by atoms with van der Waals surface area (Å²) in [7, 11) is 0. The molecule has 1 saturated heterocycles. The van der Waals surface area contributed by atoms with Crippen LogP contribution in [0.3, 0.4) is 0 Å². The first-order valence-electron chi connectivity index (χ1n) is 5.99. The van der Waals surface area contributed by atoms with Crippen molar-refractivity contribution in [2.75, 3.05) is 19.6 Å². The molecule has 0 atom stereocenters. The molecule has 1 aliphatic heterocycles. The molecule has 1 aromatic rings. The Balaban J connectivity index is 1.96. The van der Waals surface area contributed by atoms with E-state index >= 15 is 0 Å². The van der Waals surface area contributed by atoms with Crippen molar-refractivity contribution in [1.82, 2.24) is 10.2 Å². The maximum absolute atomic E-state index is 3.35. The maximum atomic E-state index is 3.35. The second-order valence-corrected chi connectivity index (χ2v) is 5.65. The predicted octanol–water partition coefficient (Wildman–Crippen LogP) is 2.47. The molecule has 1 fully saturated rings. The second kappa shape index (κ2) is 5.98. The zero-order valence-corrected chi connectivity index (χ0v) is 11.9. The van der Waals surface area contributed by atoms with Crippen molar-refractivity contribution >= 4 is 22.6 Å². The number of nitrogens with one attached hydrogen (secondary N) is 1. The monoisotopic (exact) mass is 330 g/mol. The van der Waals surface area contributed by atoms with Gasteiger partial charge < -0.3 is 5.32 Å². The summed E-state index contributed by atoms with van der Waals surface area (Å²) in [6.07, 6.45) is 1.24. The summed E-state index contributed by atoms with van der Waals surface area (Å²) in [5, 5.41) is 3.35. The van der Waals surface area contributed by atoms with Crippen LogP contribution in [-0.4, -0.2) is 30.6 Å². The van der Waals surface area contributed by atoms with E-state index in [1.165, 1.54) is 22.1 Å². The van der Waals surface area contributed by atoms with Crippen LogP contribution in [0.15, 0.2) is 24.3 Å². The fourth-order valence-corrected chi connectivity index (χ4v) is 2.39. The van der Waals surface area contributed by atoms with Crippen molar-refractivity contribution < 1.29 is 0 Å². The van der Waals surface area contributed by atoms with Gasteiger partial charge in [-0.15, -0.1) is 0 Å². The SMILES string of the molecule is CCCN(Cc1ccc(I)cc1)C1CNC1. The minimum atomic E-state index is 0.749. The first kappa shape index (κ1) is 12.3. The standard InChI is InChI=1S/C13H19IN2/c1-2-7-16(13-8-15-9-13)10-11-3-5-12(14)6-4-11/h3-6,13,15H,2,7-10H2,1H3. The third kappa shape index (κ3) is 3.18. The quantitative estimate of drug-likeness (QED) is 0.835. The van der Waals surface area contributed by atoms with Crippen molar-refractivity contribution in [2.45, 2.75) is 25.9 Å². The highest BCUT2D eigenvalue weighted by Gasteiger charge is 2.23. The minimum absolute atomic E-state index is 0.749. The van der Waals surface area contributed by atoms with E-state index in [1.54, 1.807) is 0 Å². The summed E-state index contributed by atoms with van der Waals surface area (Å²) in [5.41, 5.74) is 1.43. The number of halogens is 1. The van der Waals surface area contributed by atoms with Crippen LogP contribution in [0, 0.1) is 3.57 Å². The molecule has 0 saturated carbocycles. The van der Waals surface area contributed by atoms with Crippen LogP contribution in [0.1, 0.15) is 18.9 Å². The second-order valence-electron chi connectivity index (χ2n) is 4.41. The normalized spacial score (nSPS) is 16.4. The van der Waals surface area contributed by atoms with E-state index in [4.69, 9.17) is 0 Å². The highest BCUT2D eigenvalue weighted by atomic mass is 127. The maximum Gasteiger partial charge on any atom is 0.0348 e. The lowest BCUT2D eigenvalue weighted by molar-refractivity contribution is 0.138. The Labute approximate surface area is 112 Å². The van der Waals surface area contributed by atoms with Crippen LogP contribution < -0.4 is 5.32 Å². The highest BCUT2D eigenvalue weighted by molar-refractivity contribution is 14.1. The van der Waals surface area contributed by atoms with Gasteiger partial charge in [-0.2, -0.15) is 0 Å². The van der Waals surface area contributed by atoms with E-state index < -0.39 is 0 Å². The molecule has 2 nitrogen and oxygen atoms in total. The molecule has 1 aromatic carbocycles. The molecule has 1 aliphatic rings. The van der Waals surface area contributed by atoms with Gasteiger partial charge in [0.1, 0.15) is 0 Å². The molecule has 1 N–H and O–H groups in total. The Bertz CT molecular complexity index is 319. The van der Waals surface area contributed by atoms with Crippen molar-refractivity contribution in [1.29, 1.82) is 0 Å².